The second-order valence-electron chi connectivity index (χ2n) is 2.99. The molecule has 0 fully saturated rings. The Morgan fingerprint density at radius 2 is 2.15 bits per heavy atom. The number of nitrogens with zero attached hydrogens (tertiary/aromatic N) is 1. The van der Waals surface area contributed by atoms with E-state index in [4.69, 9.17) is 5.84 Å². The van der Waals surface area contributed by atoms with Crippen molar-refractivity contribution in [3.63, 3.8) is 0 Å². The highest BCUT2D eigenvalue weighted by Gasteiger charge is 2.02. The zero-order valence-electron chi connectivity index (χ0n) is 8.26. The van der Waals surface area contributed by atoms with Gasteiger partial charge in [-0.2, -0.15) is 5.10 Å². The van der Waals surface area contributed by atoms with Crippen molar-refractivity contribution in [2.24, 2.45) is 10.9 Å². The first-order valence-corrected chi connectivity index (χ1v) is 4.22. The molecule has 0 aliphatic rings. The van der Waals surface area contributed by atoms with Crippen LogP contribution in [0.3, 0.4) is 0 Å². The van der Waals surface area contributed by atoms with Gasteiger partial charge in [0.1, 0.15) is 0 Å². The number of hydrazone groups is 1. The second kappa shape index (κ2) is 3.94. The average molecular weight is 177 g/mol. The summed E-state index contributed by atoms with van der Waals surface area (Å²) in [5.41, 5.74) is 4.21. The van der Waals surface area contributed by atoms with Gasteiger partial charge in [-0.3, -0.25) is 0 Å². The van der Waals surface area contributed by atoms with Crippen LogP contribution in [0, 0.1) is 6.92 Å². The van der Waals surface area contributed by atoms with Gasteiger partial charge in [0.2, 0.25) is 0 Å². The van der Waals surface area contributed by atoms with Crippen LogP contribution in [-0.2, 0) is 0 Å². The molecule has 1 aromatic rings. The standard InChI is InChI=1S/C10H15N3/c1-7-4-5-9(12-3)6-10(7)8(2)13-11/h4-6,12H,11H2,1-3H3/b13-8+. The fraction of sp³-hybridized carbons (Fsp3) is 0.300. The summed E-state index contributed by atoms with van der Waals surface area (Å²) in [7, 11) is 1.89. The molecule has 0 heterocycles. The summed E-state index contributed by atoms with van der Waals surface area (Å²) < 4.78 is 0. The van der Waals surface area contributed by atoms with Crippen LogP contribution in [0.2, 0.25) is 0 Å². The Morgan fingerprint density at radius 3 is 2.69 bits per heavy atom. The molecular formula is C10H15N3. The summed E-state index contributed by atoms with van der Waals surface area (Å²) >= 11 is 0. The summed E-state index contributed by atoms with van der Waals surface area (Å²) in [5.74, 6) is 5.23. The van der Waals surface area contributed by atoms with E-state index in [-0.39, 0.29) is 0 Å². The quantitative estimate of drug-likeness (QED) is 0.410. The molecule has 0 saturated heterocycles. The van der Waals surface area contributed by atoms with Crippen LogP contribution < -0.4 is 11.2 Å². The lowest BCUT2D eigenvalue weighted by molar-refractivity contribution is 1.23. The van der Waals surface area contributed by atoms with Crippen molar-refractivity contribution in [1.29, 1.82) is 0 Å². The molecule has 70 valence electrons. The summed E-state index contributed by atoms with van der Waals surface area (Å²) in [6, 6.07) is 6.12. The molecule has 0 spiro atoms. The number of rotatable bonds is 2. The molecule has 0 amide bonds. The third kappa shape index (κ3) is 1.99. The van der Waals surface area contributed by atoms with E-state index in [1.807, 2.05) is 33.0 Å². The van der Waals surface area contributed by atoms with Crippen LogP contribution in [-0.4, -0.2) is 12.8 Å². The van der Waals surface area contributed by atoms with Gasteiger partial charge < -0.3 is 11.2 Å². The van der Waals surface area contributed by atoms with Gasteiger partial charge in [-0.1, -0.05) is 6.07 Å². The summed E-state index contributed by atoms with van der Waals surface area (Å²) in [4.78, 5) is 0. The van der Waals surface area contributed by atoms with Crippen molar-refractivity contribution in [2.45, 2.75) is 13.8 Å². The SMILES string of the molecule is CNc1ccc(C)c(/C(C)=N/N)c1. The number of hydrogen-bond donors (Lipinski definition) is 2. The minimum atomic E-state index is 0.856. The molecule has 0 unspecified atom stereocenters. The second-order valence-corrected chi connectivity index (χ2v) is 2.99. The van der Waals surface area contributed by atoms with Crippen molar-refractivity contribution in [3.05, 3.63) is 29.3 Å². The molecule has 0 atom stereocenters. The van der Waals surface area contributed by atoms with E-state index >= 15 is 0 Å². The molecule has 0 saturated carbocycles. The Labute approximate surface area is 78.6 Å². The number of anilines is 1. The van der Waals surface area contributed by atoms with E-state index in [0.29, 0.717) is 0 Å². The minimum absolute atomic E-state index is 0.856. The van der Waals surface area contributed by atoms with E-state index in [1.54, 1.807) is 0 Å². The third-order valence-corrected chi connectivity index (χ3v) is 2.11. The number of aryl methyl sites for hydroxylation is 1. The Morgan fingerprint density at radius 1 is 1.46 bits per heavy atom. The molecule has 3 N–H and O–H groups in total. The first kappa shape index (κ1) is 9.58. The maximum atomic E-state index is 5.23. The van der Waals surface area contributed by atoms with Crippen molar-refractivity contribution in [2.75, 3.05) is 12.4 Å². The molecular weight excluding hydrogens is 162 g/mol. The summed E-state index contributed by atoms with van der Waals surface area (Å²) in [5, 5.41) is 6.76. The fourth-order valence-corrected chi connectivity index (χ4v) is 1.24. The normalized spacial score (nSPS) is 11.5. The Balaban J connectivity index is 3.19. The van der Waals surface area contributed by atoms with Gasteiger partial charge >= 0.3 is 0 Å². The van der Waals surface area contributed by atoms with Crippen LogP contribution in [0.4, 0.5) is 5.69 Å². The van der Waals surface area contributed by atoms with Crippen LogP contribution in [0.1, 0.15) is 18.1 Å². The molecule has 3 nitrogen and oxygen atoms in total. The topological polar surface area (TPSA) is 50.4 Å². The van der Waals surface area contributed by atoms with Gasteiger partial charge in [-0.25, -0.2) is 0 Å². The highest BCUT2D eigenvalue weighted by Crippen LogP contribution is 2.15. The summed E-state index contributed by atoms with van der Waals surface area (Å²) in [6.45, 7) is 3.95. The van der Waals surface area contributed by atoms with E-state index in [1.165, 1.54) is 5.56 Å². The number of benzene rings is 1. The molecule has 0 aliphatic carbocycles. The van der Waals surface area contributed by atoms with Gasteiger partial charge in [0, 0.05) is 18.3 Å². The van der Waals surface area contributed by atoms with Crippen LogP contribution >= 0.6 is 0 Å². The molecule has 0 bridgehead atoms. The lowest BCUT2D eigenvalue weighted by Gasteiger charge is -2.07. The zero-order valence-corrected chi connectivity index (χ0v) is 8.26. The predicted octanol–water partition coefficient (Wildman–Crippen LogP) is 1.72. The fourth-order valence-electron chi connectivity index (χ4n) is 1.24. The number of nitrogens with two attached hydrogens (primary N) is 1. The van der Waals surface area contributed by atoms with Crippen molar-refractivity contribution >= 4 is 11.4 Å². The first-order chi connectivity index (χ1) is 6.19. The molecule has 0 aromatic heterocycles. The Bertz CT molecular complexity index is 329. The van der Waals surface area contributed by atoms with E-state index < -0.39 is 0 Å². The van der Waals surface area contributed by atoms with Crippen molar-refractivity contribution in [3.8, 4) is 0 Å². The molecule has 0 aliphatic heterocycles. The lowest BCUT2D eigenvalue weighted by Crippen LogP contribution is -2.02. The van der Waals surface area contributed by atoms with Gasteiger partial charge in [-0.05, 0) is 31.5 Å². The third-order valence-electron chi connectivity index (χ3n) is 2.11. The van der Waals surface area contributed by atoms with Gasteiger partial charge in [0.15, 0.2) is 0 Å². The maximum absolute atomic E-state index is 5.23. The molecule has 3 heteroatoms. The average Bonchev–Trinajstić information content (AvgIpc) is 2.17. The predicted molar refractivity (Wildman–Crippen MR) is 57.1 cm³/mol. The van der Waals surface area contributed by atoms with E-state index in [0.717, 1.165) is 17.0 Å². The monoisotopic (exact) mass is 177 g/mol. The molecule has 0 radical (unpaired) electrons. The number of nitrogens with one attached hydrogen (secondary N) is 1. The highest BCUT2D eigenvalue weighted by molar-refractivity contribution is 6.00. The first-order valence-electron chi connectivity index (χ1n) is 4.22. The van der Waals surface area contributed by atoms with Gasteiger partial charge in [-0.15, -0.1) is 0 Å². The molecule has 1 rings (SSSR count). The van der Waals surface area contributed by atoms with E-state index in [9.17, 15) is 0 Å². The lowest BCUT2D eigenvalue weighted by atomic mass is 10.0. The largest absolute Gasteiger partial charge is 0.388 e. The zero-order chi connectivity index (χ0) is 9.84. The van der Waals surface area contributed by atoms with Crippen LogP contribution in [0.15, 0.2) is 23.3 Å². The van der Waals surface area contributed by atoms with E-state index in [2.05, 4.69) is 16.5 Å². The van der Waals surface area contributed by atoms with Gasteiger partial charge in [0.25, 0.3) is 0 Å². The van der Waals surface area contributed by atoms with Crippen LogP contribution in [0.25, 0.3) is 0 Å². The summed E-state index contributed by atoms with van der Waals surface area (Å²) in [6.07, 6.45) is 0. The van der Waals surface area contributed by atoms with Crippen LogP contribution in [0.5, 0.6) is 0 Å². The Hall–Kier alpha value is -1.51. The van der Waals surface area contributed by atoms with Crippen molar-refractivity contribution < 1.29 is 0 Å². The van der Waals surface area contributed by atoms with Gasteiger partial charge in [0.05, 0.1) is 5.71 Å². The minimum Gasteiger partial charge on any atom is -0.388 e. The molecule has 13 heavy (non-hydrogen) atoms. The maximum Gasteiger partial charge on any atom is 0.0645 e. The smallest absolute Gasteiger partial charge is 0.0645 e. The van der Waals surface area contributed by atoms with Crippen molar-refractivity contribution in [1.82, 2.24) is 0 Å². The molecule has 1 aromatic carbocycles. The Kier molecular flexibility index (Phi) is 2.90. The number of hydrogen-bond acceptors (Lipinski definition) is 3. The highest BCUT2D eigenvalue weighted by atomic mass is 15.1.